The molecule has 0 radical (unpaired) electrons. The van der Waals surface area contributed by atoms with Crippen molar-refractivity contribution in [3.8, 4) is 11.5 Å². The minimum absolute atomic E-state index is 0.147. The number of carbonyl (C=O) groups excluding carboxylic acids is 2. The van der Waals surface area contributed by atoms with E-state index in [1.807, 2.05) is 13.8 Å². The van der Waals surface area contributed by atoms with Gasteiger partial charge in [-0.1, -0.05) is 13.8 Å². The standard InChI is InChI=1S/C16H25N3O4/c1-16(2,9-17)10-19(3)15(21)11-5-6-12(13(7-11)22-4)23-8-14(18)20/h5-7H,8-10,17H2,1-4H3,(H2,18,20). The second-order valence-electron chi connectivity index (χ2n) is 6.15. The van der Waals surface area contributed by atoms with E-state index in [0.29, 0.717) is 30.2 Å². The van der Waals surface area contributed by atoms with Crippen molar-refractivity contribution in [2.24, 2.45) is 16.9 Å². The van der Waals surface area contributed by atoms with Crippen molar-refractivity contribution < 1.29 is 19.1 Å². The molecule has 0 saturated carbocycles. The van der Waals surface area contributed by atoms with E-state index in [0.717, 1.165) is 0 Å². The molecule has 0 aromatic heterocycles. The number of benzene rings is 1. The van der Waals surface area contributed by atoms with E-state index < -0.39 is 5.91 Å². The third-order valence-electron chi connectivity index (χ3n) is 3.34. The first kappa shape index (κ1) is 18.8. The third kappa shape index (κ3) is 5.45. The van der Waals surface area contributed by atoms with Crippen LogP contribution in [0.2, 0.25) is 0 Å². The van der Waals surface area contributed by atoms with Gasteiger partial charge in [-0.2, -0.15) is 0 Å². The molecule has 0 unspecified atom stereocenters. The Morgan fingerprint density at radius 2 is 1.91 bits per heavy atom. The maximum Gasteiger partial charge on any atom is 0.255 e. The van der Waals surface area contributed by atoms with Crippen LogP contribution in [-0.2, 0) is 4.79 Å². The highest BCUT2D eigenvalue weighted by molar-refractivity contribution is 5.94. The number of primary amides is 1. The van der Waals surface area contributed by atoms with E-state index in [2.05, 4.69) is 0 Å². The molecular weight excluding hydrogens is 298 g/mol. The number of hydrogen-bond donors (Lipinski definition) is 2. The third-order valence-corrected chi connectivity index (χ3v) is 3.34. The Balaban J connectivity index is 2.91. The number of nitrogens with two attached hydrogens (primary N) is 2. The van der Waals surface area contributed by atoms with Crippen molar-refractivity contribution >= 4 is 11.8 Å². The molecule has 0 aliphatic rings. The SMILES string of the molecule is COc1cc(C(=O)N(C)CC(C)(C)CN)ccc1OCC(N)=O. The van der Waals surface area contributed by atoms with Crippen LogP contribution in [0.1, 0.15) is 24.2 Å². The van der Waals surface area contributed by atoms with Crippen LogP contribution >= 0.6 is 0 Å². The van der Waals surface area contributed by atoms with Gasteiger partial charge in [-0.25, -0.2) is 0 Å². The minimum atomic E-state index is -0.587. The van der Waals surface area contributed by atoms with Crippen molar-refractivity contribution in [1.82, 2.24) is 4.90 Å². The molecule has 0 aliphatic heterocycles. The van der Waals surface area contributed by atoms with Crippen LogP contribution in [0, 0.1) is 5.41 Å². The van der Waals surface area contributed by atoms with Gasteiger partial charge < -0.3 is 25.8 Å². The molecule has 1 aromatic carbocycles. The van der Waals surface area contributed by atoms with Crippen molar-refractivity contribution in [3.63, 3.8) is 0 Å². The summed E-state index contributed by atoms with van der Waals surface area (Å²) in [6, 6.07) is 4.77. The second-order valence-corrected chi connectivity index (χ2v) is 6.15. The van der Waals surface area contributed by atoms with Gasteiger partial charge in [0, 0.05) is 19.2 Å². The summed E-state index contributed by atoms with van der Waals surface area (Å²) in [6.07, 6.45) is 0. The molecule has 1 aromatic rings. The Bertz CT molecular complexity index is 572. The molecule has 1 rings (SSSR count). The number of nitrogens with zero attached hydrogens (tertiary/aromatic N) is 1. The van der Waals surface area contributed by atoms with E-state index >= 15 is 0 Å². The fourth-order valence-corrected chi connectivity index (χ4v) is 2.07. The highest BCUT2D eigenvalue weighted by Gasteiger charge is 2.22. The molecule has 7 heteroatoms. The van der Waals surface area contributed by atoms with E-state index in [1.165, 1.54) is 7.11 Å². The second kappa shape index (κ2) is 7.82. The van der Waals surface area contributed by atoms with Crippen LogP contribution < -0.4 is 20.9 Å². The predicted molar refractivity (Wildman–Crippen MR) is 87.5 cm³/mol. The smallest absolute Gasteiger partial charge is 0.255 e. The van der Waals surface area contributed by atoms with Gasteiger partial charge in [0.25, 0.3) is 11.8 Å². The van der Waals surface area contributed by atoms with Crippen molar-refractivity contribution in [3.05, 3.63) is 23.8 Å². The number of methoxy groups -OCH3 is 1. The fourth-order valence-electron chi connectivity index (χ4n) is 2.07. The molecule has 2 amide bonds. The Hall–Kier alpha value is -2.28. The van der Waals surface area contributed by atoms with Crippen LogP contribution in [0.25, 0.3) is 0 Å². The summed E-state index contributed by atoms with van der Waals surface area (Å²) in [5.74, 6) is -0.0152. The van der Waals surface area contributed by atoms with Gasteiger partial charge in [0.15, 0.2) is 18.1 Å². The van der Waals surface area contributed by atoms with E-state index in [1.54, 1.807) is 30.1 Å². The lowest BCUT2D eigenvalue weighted by Crippen LogP contribution is -2.39. The molecule has 0 spiro atoms. The largest absolute Gasteiger partial charge is 0.493 e. The molecule has 0 fully saturated rings. The van der Waals surface area contributed by atoms with Crippen molar-refractivity contribution in [2.45, 2.75) is 13.8 Å². The normalized spacial score (nSPS) is 11.0. The maximum atomic E-state index is 12.5. The first-order valence-corrected chi connectivity index (χ1v) is 7.25. The Morgan fingerprint density at radius 3 is 2.43 bits per heavy atom. The monoisotopic (exact) mass is 323 g/mol. The van der Waals surface area contributed by atoms with Gasteiger partial charge in [-0.05, 0) is 30.2 Å². The summed E-state index contributed by atoms with van der Waals surface area (Å²) in [5.41, 5.74) is 11.0. The Kier molecular flexibility index (Phi) is 6.38. The average Bonchev–Trinajstić information content (AvgIpc) is 2.51. The molecule has 0 aliphatic carbocycles. The van der Waals surface area contributed by atoms with E-state index in [9.17, 15) is 9.59 Å². The Labute approximate surface area is 136 Å². The quantitative estimate of drug-likeness (QED) is 0.729. The number of ether oxygens (including phenoxy) is 2. The first-order valence-electron chi connectivity index (χ1n) is 7.25. The summed E-state index contributed by atoms with van der Waals surface area (Å²) in [5, 5.41) is 0. The number of hydrogen-bond acceptors (Lipinski definition) is 5. The van der Waals surface area contributed by atoms with Gasteiger partial charge in [0.05, 0.1) is 7.11 Å². The van der Waals surface area contributed by atoms with Crippen molar-refractivity contribution in [1.29, 1.82) is 0 Å². The molecular formula is C16H25N3O4. The highest BCUT2D eigenvalue weighted by Crippen LogP contribution is 2.28. The molecule has 7 nitrogen and oxygen atoms in total. The highest BCUT2D eigenvalue weighted by atomic mass is 16.5. The lowest BCUT2D eigenvalue weighted by molar-refractivity contribution is -0.119. The zero-order chi connectivity index (χ0) is 17.6. The van der Waals surface area contributed by atoms with Gasteiger partial charge >= 0.3 is 0 Å². The lowest BCUT2D eigenvalue weighted by Gasteiger charge is -2.29. The van der Waals surface area contributed by atoms with Gasteiger partial charge in [-0.15, -0.1) is 0 Å². The fraction of sp³-hybridized carbons (Fsp3) is 0.500. The molecule has 23 heavy (non-hydrogen) atoms. The molecule has 0 heterocycles. The number of amides is 2. The minimum Gasteiger partial charge on any atom is -0.493 e. The molecule has 128 valence electrons. The van der Waals surface area contributed by atoms with E-state index in [-0.39, 0.29) is 17.9 Å². The number of carbonyl (C=O) groups is 2. The summed E-state index contributed by atoms with van der Waals surface area (Å²) in [7, 11) is 3.19. The predicted octanol–water partition coefficient (Wildman–Crippen LogP) is 0.616. The van der Waals surface area contributed by atoms with Gasteiger partial charge in [0.2, 0.25) is 0 Å². The first-order chi connectivity index (χ1) is 10.7. The van der Waals surface area contributed by atoms with Crippen LogP contribution in [0.3, 0.4) is 0 Å². The zero-order valence-corrected chi connectivity index (χ0v) is 14.1. The maximum absolute atomic E-state index is 12.5. The van der Waals surface area contributed by atoms with Crippen LogP contribution in [0.4, 0.5) is 0 Å². The van der Waals surface area contributed by atoms with Crippen LogP contribution in [-0.4, -0.2) is 50.6 Å². The molecule has 4 N–H and O–H groups in total. The topological polar surface area (TPSA) is 108 Å². The van der Waals surface area contributed by atoms with Crippen LogP contribution in [0.5, 0.6) is 11.5 Å². The summed E-state index contributed by atoms with van der Waals surface area (Å²) < 4.78 is 10.4. The Morgan fingerprint density at radius 1 is 1.26 bits per heavy atom. The van der Waals surface area contributed by atoms with Gasteiger partial charge in [0.1, 0.15) is 0 Å². The van der Waals surface area contributed by atoms with Gasteiger partial charge in [-0.3, -0.25) is 9.59 Å². The molecule has 0 atom stereocenters. The molecule has 0 saturated heterocycles. The average molecular weight is 323 g/mol. The van der Waals surface area contributed by atoms with Crippen molar-refractivity contribution in [2.75, 3.05) is 33.9 Å². The summed E-state index contributed by atoms with van der Waals surface area (Å²) in [4.78, 5) is 24.9. The summed E-state index contributed by atoms with van der Waals surface area (Å²) in [6.45, 7) is 4.75. The van der Waals surface area contributed by atoms with Crippen LogP contribution in [0.15, 0.2) is 18.2 Å². The number of rotatable bonds is 8. The molecule has 0 bridgehead atoms. The lowest BCUT2D eigenvalue weighted by atomic mass is 9.93. The summed E-state index contributed by atoms with van der Waals surface area (Å²) >= 11 is 0. The van der Waals surface area contributed by atoms with E-state index in [4.69, 9.17) is 20.9 Å². The zero-order valence-electron chi connectivity index (χ0n) is 14.1.